The Kier molecular flexibility index (Phi) is 4.71. The molecule has 0 radical (unpaired) electrons. The van der Waals surface area contributed by atoms with Crippen LogP contribution in [-0.2, 0) is 6.54 Å². The number of aryl methyl sites for hydroxylation is 1. The van der Waals surface area contributed by atoms with Crippen molar-refractivity contribution in [2.24, 2.45) is 0 Å². The largest absolute Gasteiger partial charge is 0.506 e. The monoisotopic (exact) mass is 348 g/mol. The maximum absolute atomic E-state index is 10.0. The Morgan fingerprint density at radius 2 is 1.96 bits per heavy atom. The summed E-state index contributed by atoms with van der Waals surface area (Å²) in [5, 5.41) is 11.0. The molecule has 1 aliphatic rings. The number of hydrogen-bond donors (Lipinski definition) is 1. The molecule has 3 heterocycles. The summed E-state index contributed by atoms with van der Waals surface area (Å²) in [7, 11) is 0. The Morgan fingerprint density at radius 1 is 1.04 bits per heavy atom. The van der Waals surface area contributed by atoms with Crippen LogP contribution in [0.5, 0.6) is 5.75 Å². The van der Waals surface area contributed by atoms with E-state index < -0.39 is 0 Å². The minimum absolute atomic E-state index is 0.249. The average molecular weight is 348 g/mol. The number of aromatic nitrogens is 2. The molecule has 0 bridgehead atoms. The van der Waals surface area contributed by atoms with Crippen LogP contribution < -0.4 is 4.90 Å². The van der Waals surface area contributed by atoms with Crippen LogP contribution in [0, 0.1) is 6.92 Å². The number of phenolic OH excluding ortho intramolecular Hbond substituents is 1. The summed E-state index contributed by atoms with van der Waals surface area (Å²) in [6.07, 6.45) is 3.01. The van der Waals surface area contributed by atoms with Gasteiger partial charge in [0.25, 0.3) is 0 Å². The molecule has 4 rings (SSSR count). The highest BCUT2D eigenvalue weighted by Gasteiger charge is 2.16. The molecule has 0 atom stereocenters. The summed E-state index contributed by atoms with van der Waals surface area (Å²) in [4.78, 5) is 13.9. The van der Waals surface area contributed by atoms with E-state index in [1.807, 2.05) is 31.3 Å². The second-order valence-corrected chi connectivity index (χ2v) is 6.92. The van der Waals surface area contributed by atoms with Gasteiger partial charge in [-0.2, -0.15) is 0 Å². The number of para-hydroxylation sites is 1. The number of anilines is 1. The molecule has 26 heavy (non-hydrogen) atoms. The van der Waals surface area contributed by atoms with Crippen molar-refractivity contribution in [3.05, 3.63) is 60.0 Å². The van der Waals surface area contributed by atoms with Crippen molar-refractivity contribution in [2.75, 3.05) is 31.1 Å². The van der Waals surface area contributed by atoms with E-state index in [0.717, 1.165) is 55.9 Å². The predicted molar refractivity (Wildman–Crippen MR) is 104 cm³/mol. The molecular formula is C21H24N4O. The number of rotatable bonds is 3. The fraction of sp³-hybridized carbons (Fsp3) is 0.333. The summed E-state index contributed by atoms with van der Waals surface area (Å²) in [6, 6.07) is 13.9. The van der Waals surface area contributed by atoms with Gasteiger partial charge < -0.3 is 10.0 Å². The molecule has 0 unspecified atom stereocenters. The number of phenols is 1. The molecule has 5 heteroatoms. The lowest BCUT2D eigenvalue weighted by molar-refractivity contribution is 0.282. The second kappa shape index (κ2) is 7.30. The number of benzene rings is 1. The van der Waals surface area contributed by atoms with Crippen LogP contribution >= 0.6 is 0 Å². The van der Waals surface area contributed by atoms with E-state index in [9.17, 15) is 5.11 Å². The smallest absolute Gasteiger partial charge is 0.141 e. The zero-order valence-corrected chi connectivity index (χ0v) is 15.1. The quantitative estimate of drug-likeness (QED) is 0.787. The Bertz CT molecular complexity index is 911. The standard InChI is InChI=1S/C21H24N4O/c1-16-14-19(8-9-22-16)25-11-3-10-24(12-13-25)15-18-7-6-17-4-2-5-20(26)21(17)23-18/h2,4-9,14,26H,3,10-13,15H2,1H3. The second-order valence-electron chi connectivity index (χ2n) is 6.92. The lowest BCUT2D eigenvalue weighted by atomic mass is 10.2. The van der Waals surface area contributed by atoms with Crippen molar-refractivity contribution in [1.29, 1.82) is 0 Å². The van der Waals surface area contributed by atoms with Gasteiger partial charge in [0.2, 0.25) is 0 Å². The van der Waals surface area contributed by atoms with E-state index in [2.05, 4.69) is 38.0 Å². The zero-order valence-electron chi connectivity index (χ0n) is 15.1. The van der Waals surface area contributed by atoms with Crippen molar-refractivity contribution in [3.8, 4) is 5.75 Å². The maximum atomic E-state index is 10.0. The molecule has 1 saturated heterocycles. The minimum atomic E-state index is 0.249. The first-order valence-corrected chi connectivity index (χ1v) is 9.16. The molecule has 1 aliphatic heterocycles. The van der Waals surface area contributed by atoms with E-state index in [-0.39, 0.29) is 5.75 Å². The summed E-state index contributed by atoms with van der Waals surface area (Å²) >= 11 is 0. The third kappa shape index (κ3) is 3.63. The maximum Gasteiger partial charge on any atom is 0.141 e. The fourth-order valence-corrected chi connectivity index (χ4v) is 3.60. The van der Waals surface area contributed by atoms with Crippen LogP contribution in [0.3, 0.4) is 0 Å². The molecule has 0 amide bonds. The molecule has 1 N–H and O–H groups in total. The van der Waals surface area contributed by atoms with Crippen molar-refractivity contribution in [2.45, 2.75) is 19.9 Å². The summed E-state index contributed by atoms with van der Waals surface area (Å²) < 4.78 is 0. The van der Waals surface area contributed by atoms with E-state index in [1.165, 1.54) is 5.69 Å². The molecule has 0 aliphatic carbocycles. The van der Waals surface area contributed by atoms with Gasteiger partial charge in [-0.25, -0.2) is 4.98 Å². The average Bonchev–Trinajstić information content (AvgIpc) is 2.88. The van der Waals surface area contributed by atoms with Gasteiger partial charge in [-0.15, -0.1) is 0 Å². The van der Waals surface area contributed by atoms with Crippen molar-refractivity contribution in [3.63, 3.8) is 0 Å². The summed E-state index contributed by atoms with van der Waals surface area (Å²) in [5.41, 5.74) is 4.01. The third-order valence-corrected chi connectivity index (χ3v) is 4.98. The number of fused-ring (bicyclic) bond motifs is 1. The van der Waals surface area contributed by atoms with Gasteiger partial charge in [0, 0.05) is 55.7 Å². The SMILES string of the molecule is Cc1cc(N2CCCN(Cc3ccc4cccc(O)c4n3)CC2)ccn1. The first-order valence-electron chi connectivity index (χ1n) is 9.16. The normalized spacial score (nSPS) is 16.0. The molecule has 3 aromatic rings. The Balaban J connectivity index is 1.45. The van der Waals surface area contributed by atoms with Crippen LogP contribution in [0.2, 0.25) is 0 Å². The predicted octanol–water partition coefficient (Wildman–Crippen LogP) is 3.36. The molecule has 134 valence electrons. The van der Waals surface area contributed by atoms with Crippen molar-refractivity contribution >= 4 is 16.6 Å². The van der Waals surface area contributed by atoms with Crippen LogP contribution in [0.15, 0.2) is 48.7 Å². The highest BCUT2D eigenvalue weighted by atomic mass is 16.3. The van der Waals surface area contributed by atoms with Crippen molar-refractivity contribution in [1.82, 2.24) is 14.9 Å². The van der Waals surface area contributed by atoms with Gasteiger partial charge in [-0.3, -0.25) is 9.88 Å². The molecule has 0 saturated carbocycles. The van der Waals surface area contributed by atoms with Crippen LogP contribution in [0.25, 0.3) is 10.9 Å². The Morgan fingerprint density at radius 3 is 2.85 bits per heavy atom. The van der Waals surface area contributed by atoms with Gasteiger partial charge >= 0.3 is 0 Å². The Hall–Kier alpha value is -2.66. The van der Waals surface area contributed by atoms with E-state index >= 15 is 0 Å². The van der Waals surface area contributed by atoms with Crippen molar-refractivity contribution < 1.29 is 5.11 Å². The van der Waals surface area contributed by atoms with E-state index in [1.54, 1.807) is 6.07 Å². The molecule has 2 aromatic heterocycles. The minimum Gasteiger partial charge on any atom is -0.506 e. The highest BCUT2D eigenvalue weighted by molar-refractivity contribution is 5.84. The first kappa shape index (κ1) is 16.8. The summed E-state index contributed by atoms with van der Waals surface area (Å²) in [5.74, 6) is 0.249. The first-order chi connectivity index (χ1) is 12.7. The number of aromatic hydroxyl groups is 1. The molecule has 1 fully saturated rings. The zero-order chi connectivity index (χ0) is 17.9. The Labute approximate surface area is 153 Å². The fourth-order valence-electron chi connectivity index (χ4n) is 3.60. The van der Waals surface area contributed by atoms with Gasteiger partial charge in [-0.1, -0.05) is 18.2 Å². The van der Waals surface area contributed by atoms with E-state index in [4.69, 9.17) is 0 Å². The van der Waals surface area contributed by atoms with Gasteiger partial charge in [0.1, 0.15) is 11.3 Å². The van der Waals surface area contributed by atoms with Gasteiger partial charge in [0.15, 0.2) is 0 Å². The molecular weight excluding hydrogens is 324 g/mol. The van der Waals surface area contributed by atoms with Gasteiger partial charge in [-0.05, 0) is 37.6 Å². The number of pyridine rings is 2. The lowest BCUT2D eigenvalue weighted by Crippen LogP contribution is -2.30. The highest BCUT2D eigenvalue weighted by Crippen LogP contribution is 2.23. The molecule has 1 aromatic carbocycles. The lowest BCUT2D eigenvalue weighted by Gasteiger charge is -2.23. The molecule has 0 spiro atoms. The topological polar surface area (TPSA) is 52.5 Å². The number of hydrogen-bond acceptors (Lipinski definition) is 5. The van der Waals surface area contributed by atoms with Crippen LogP contribution in [0.4, 0.5) is 5.69 Å². The van der Waals surface area contributed by atoms with Crippen LogP contribution in [0.1, 0.15) is 17.8 Å². The van der Waals surface area contributed by atoms with E-state index in [0.29, 0.717) is 5.52 Å². The summed E-state index contributed by atoms with van der Waals surface area (Å²) in [6.45, 7) is 6.97. The van der Waals surface area contributed by atoms with Crippen LogP contribution in [-0.4, -0.2) is 46.2 Å². The molecule has 5 nitrogen and oxygen atoms in total. The van der Waals surface area contributed by atoms with Gasteiger partial charge in [0.05, 0.1) is 5.69 Å². The third-order valence-electron chi connectivity index (χ3n) is 4.98. The number of nitrogens with zero attached hydrogens (tertiary/aromatic N) is 4.